The summed E-state index contributed by atoms with van der Waals surface area (Å²) in [6, 6.07) is 14.2. The Morgan fingerprint density at radius 1 is 1.10 bits per heavy atom. The first kappa shape index (κ1) is 19.6. The molecule has 148 valence electrons. The van der Waals surface area contributed by atoms with Crippen LogP contribution in [0.5, 0.6) is 5.75 Å². The summed E-state index contributed by atoms with van der Waals surface area (Å²) in [5, 5.41) is 12.9. The molecular weight excluding hydrogens is 414 g/mol. The van der Waals surface area contributed by atoms with Gasteiger partial charge in [-0.2, -0.15) is 0 Å². The molecule has 0 bridgehead atoms. The van der Waals surface area contributed by atoms with Gasteiger partial charge in [0.25, 0.3) is 0 Å². The molecule has 0 unspecified atom stereocenters. The highest BCUT2D eigenvalue weighted by molar-refractivity contribution is 6.46. The van der Waals surface area contributed by atoms with Gasteiger partial charge in [-0.25, -0.2) is 9.07 Å². The average Bonchev–Trinajstić information content (AvgIpc) is 3.18. The van der Waals surface area contributed by atoms with Crippen molar-refractivity contribution in [3.63, 3.8) is 0 Å². The van der Waals surface area contributed by atoms with E-state index in [1.807, 2.05) is 36.4 Å². The second-order valence-corrected chi connectivity index (χ2v) is 7.35. The summed E-state index contributed by atoms with van der Waals surface area (Å²) < 4.78 is 21.5. The van der Waals surface area contributed by atoms with Gasteiger partial charge >= 0.3 is 0 Å². The Morgan fingerprint density at radius 3 is 2.76 bits per heavy atom. The molecule has 3 aromatic rings. The topological polar surface area (TPSA) is 52.8 Å². The van der Waals surface area contributed by atoms with Gasteiger partial charge in [-0.15, -0.1) is 5.10 Å². The van der Waals surface area contributed by atoms with Crippen molar-refractivity contribution >= 4 is 28.8 Å². The van der Waals surface area contributed by atoms with E-state index >= 15 is 0 Å². The maximum atomic E-state index is 13.9. The number of hydrogen-bond acceptors (Lipinski definition) is 4. The van der Waals surface area contributed by atoms with Crippen LogP contribution >= 0.6 is 23.2 Å². The van der Waals surface area contributed by atoms with Crippen LogP contribution < -0.4 is 4.74 Å². The molecule has 1 heterocycles. The Labute approximate surface area is 177 Å². The molecule has 0 aliphatic heterocycles. The smallest absolute Gasteiger partial charge is 0.179 e. The predicted octanol–water partition coefficient (Wildman–Crippen LogP) is 5.31. The number of tetrazole rings is 1. The largest absolute Gasteiger partial charge is 0.489 e. The number of ether oxygens (including phenoxy) is 1. The summed E-state index contributed by atoms with van der Waals surface area (Å²) in [5.74, 6) is 0.723. The van der Waals surface area contributed by atoms with Crippen LogP contribution in [0.3, 0.4) is 0 Å². The molecular formula is C21H17Cl2FN4O. The number of allylic oxidation sites excluding steroid dienone is 4. The van der Waals surface area contributed by atoms with E-state index in [9.17, 15) is 4.39 Å². The van der Waals surface area contributed by atoms with Crippen LogP contribution in [0, 0.1) is 5.82 Å². The van der Waals surface area contributed by atoms with Gasteiger partial charge < -0.3 is 4.74 Å². The number of nitrogens with zero attached hydrogens (tertiary/aromatic N) is 4. The van der Waals surface area contributed by atoms with Gasteiger partial charge in [-0.05, 0) is 47.0 Å². The van der Waals surface area contributed by atoms with Crippen LogP contribution in [-0.2, 0) is 13.2 Å². The summed E-state index contributed by atoms with van der Waals surface area (Å²) in [6.07, 6.45) is 3.29. The summed E-state index contributed by atoms with van der Waals surface area (Å²) in [6.45, 7) is 0.610. The van der Waals surface area contributed by atoms with Crippen molar-refractivity contribution < 1.29 is 9.13 Å². The Bertz CT molecular complexity index is 1080. The van der Waals surface area contributed by atoms with E-state index in [0.717, 1.165) is 17.6 Å². The molecule has 1 aliphatic carbocycles. The summed E-state index contributed by atoms with van der Waals surface area (Å²) in [4.78, 5) is 0. The van der Waals surface area contributed by atoms with E-state index in [1.165, 1.54) is 12.1 Å². The van der Waals surface area contributed by atoms with Crippen molar-refractivity contribution in [3.8, 4) is 5.75 Å². The zero-order chi connectivity index (χ0) is 20.2. The van der Waals surface area contributed by atoms with Gasteiger partial charge in [0, 0.05) is 11.1 Å². The third-order valence-corrected chi connectivity index (χ3v) is 5.45. The van der Waals surface area contributed by atoms with Crippen molar-refractivity contribution in [2.45, 2.75) is 26.0 Å². The minimum absolute atomic E-state index is 0.235. The van der Waals surface area contributed by atoms with Crippen LogP contribution in [0.2, 0.25) is 0 Å². The van der Waals surface area contributed by atoms with Crippen molar-refractivity contribution in [3.05, 3.63) is 87.4 Å². The first-order chi connectivity index (χ1) is 14.1. The second kappa shape index (κ2) is 8.76. The van der Waals surface area contributed by atoms with E-state index in [4.69, 9.17) is 27.9 Å². The van der Waals surface area contributed by atoms with E-state index in [-0.39, 0.29) is 12.4 Å². The molecule has 0 saturated heterocycles. The summed E-state index contributed by atoms with van der Waals surface area (Å²) in [5.41, 5.74) is 2.42. The van der Waals surface area contributed by atoms with Crippen LogP contribution in [-0.4, -0.2) is 20.2 Å². The molecule has 5 nitrogen and oxygen atoms in total. The first-order valence-corrected chi connectivity index (χ1v) is 9.84. The fourth-order valence-electron chi connectivity index (χ4n) is 3.13. The number of aromatic nitrogens is 4. The van der Waals surface area contributed by atoms with Gasteiger partial charge in [-0.1, -0.05) is 59.6 Å². The Morgan fingerprint density at radius 2 is 1.93 bits per heavy atom. The number of hydrogen-bond donors (Lipinski definition) is 0. The van der Waals surface area contributed by atoms with E-state index in [2.05, 4.69) is 15.5 Å². The van der Waals surface area contributed by atoms with Gasteiger partial charge in [0.1, 0.15) is 18.2 Å². The molecule has 0 amide bonds. The quantitative estimate of drug-likeness (QED) is 0.531. The van der Waals surface area contributed by atoms with Gasteiger partial charge in [-0.3, -0.25) is 0 Å². The maximum Gasteiger partial charge on any atom is 0.179 e. The highest BCUT2D eigenvalue weighted by Crippen LogP contribution is 2.36. The molecule has 0 fully saturated rings. The van der Waals surface area contributed by atoms with Crippen molar-refractivity contribution in [1.82, 2.24) is 20.2 Å². The third-order valence-electron chi connectivity index (χ3n) is 4.57. The van der Waals surface area contributed by atoms with Gasteiger partial charge in [0.05, 0.1) is 16.6 Å². The summed E-state index contributed by atoms with van der Waals surface area (Å²) >= 11 is 12.5. The average molecular weight is 431 g/mol. The Kier molecular flexibility index (Phi) is 5.92. The predicted molar refractivity (Wildman–Crippen MR) is 110 cm³/mol. The number of halogens is 3. The van der Waals surface area contributed by atoms with Crippen molar-refractivity contribution in [1.29, 1.82) is 0 Å². The molecule has 1 aromatic heterocycles. The lowest BCUT2D eigenvalue weighted by molar-refractivity contribution is 0.301. The minimum atomic E-state index is -0.359. The van der Waals surface area contributed by atoms with E-state index < -0.39 is 0 Å². The molecule has 4 rings (SSSR count). The molecule has 0 spiro atoms. The maximum absolute atomic E-state index is 13.9. The van der Waals surface area contributed by atoms with Crippen LogP contribution in [0.25, 0.3) is 5.57 Å². The molecule has 1 aliphatic rings. The third kappa shape index (κ3) is 4.49. The molecule has 8 heteroatoms. The molecule has 0 N–H and O–H groups in total. The lowest BCUT2D eigenvalue weighted by atomic mass is 10.0. The SMILES string of the molecule is Fc1ccc(OCc2ccccc2)c(Cn2nnnc2C2=C(Cl)C(Cl)=CCC2)c1. The zero-order valence-corrected chi connectivity index (χ0v) is 16.9. The fourth-order valence-corrected chi connectivity index (χ4v) is 3.61. The lowest BCUT2D eigenvalue weighted by Crippen LogP contribution is -2.10. The number of benzene rings is 2. The normalized spacial score (nSPS) is 14.1. The van der Waals surface area contributed by atoms with Crippen LogP contribution in [0.4, 0.5) is 4.39 Å². The van der Waals surface area contributed by atoms with E-state index in [1.54, 1.807) is 10.7 Å². The standard InChI is InChI=1S/C21H17Cl2FN4O/c22-18-8-4-7-17(20(18)23)21-25-26-27-28(21)12-15-11-16(24)9-10-19(15)29-13-14-5-2-1-3-6-14/h1-3,5-6,8-11H,4,7,12-13H2. The first-order valence-electron chi connectivity index (χ1n) is 9.08. The van der Waals surface area contributed by atoms with Gasteiger partial charge in [0.15, 0.2) is 5.82 Å². The lowest BCUT2D eigenvalue weighted by Gasteiger charge is -2.15. The van der Waals surface area contributed by atoms with Crippen LogP contribution in [0.15, 0.2) is 64.7 Å². The molecule has 2 aromatic carbocycles. The zero-order valence-electron chi connectivity index (χ0n) is 15.4. The number of rotatable bonds is 6. The highest BCUT2D eigenvalue weighted by Gasteiger charge is 2.21. The monoisotopic (exact) mass is 430 g/mol. The Hall–Kier alpha value is -2.70. The van der Waals surface area contributed by atoms with Gasteiger partial charge in [0.2, 0.25) is 0 Å². The molecule has 29 heavy (non-hydrogen) atoms. The fraction of sp³-hybridized carbons (Fsp3) is 0.190. The van der Waals surface area contributed by atoms with Crippen molar-refractivity contribution in [2.24, 2.45) is 0 Å². The Balaban J connectivity index is 1.61. The minimum Gasteiger partial charge on any atom is -0.489 e. The van der Waals surface area contributed by atoms with E-state index in [0.29, 0.717) is 40.2 Å². The van der Waals surface area contributed by atoms with Crippen molar-refractivity contribution in [2.75, 3.05) is 0 Å². The molecule has 0 radical (unpaired) electrons. The second-order valence-electron chi connectivity index (χ2n) is 6.57. The molecule has 0 atom stereocenters. The van der Waals surface area contributed by atoms with Crippen LogP contribution in [0.1, 0.15) is 29.8 Å². The highest BCUT2D eigenvalue weighted by atomic mass is 35.5. The summed E-state index contributed by atoms with van der Waals surface area (Å²) in [7, 11) is 0. The molecule has 0 saturated carbocycles.